The molecule has 0 radical (unpaired) electrons. The van der Waals surface area contributed by atoms with Gasteiger partial charge in [0.15, 0.2) is 0 Å². The Morgan fingerprint density at radius 1 is 1.41 bits per heavy atom. The molecular formula is C20H23ClN4O2. The van der Waals surface area contributed by atoms with Crippen LogP contribution in [0, 0.1) is 12.8 Å². The minimum Gasteiger partial charge on any atom is -0.378 e. The average Bonchev–Trinajstić information content (AvgIpc) is 3.34. The molecule has 2 aliphatic heterocycles. The van der Waals surface area contributed by atoms with E-state index in [1.54, 1.807) is 13.3 Å². The summed E-state index contributed by atoms with van der Waals surface area (Å²) in [4.78, 5) is 26.1. The highest BCUT2D eigenvalue weighted by Crippen LogP contribution is 2.33. The molecular weight excluding hydrogens is 364 g/mol. The van der Waals surface area contributed by atoms with Crippen LogP contribution in [0.5, 0.6) is 0 Å². The Labute approximate surface area is 164 Å². The van der Waals surface area contributed by atoms with E-state index < -0.39 is 0 Å². The summed E-state index contributed by atoms with van der Waals surface area (Å²) in [6.07, 6.45) is 4.48. The van der Waals surface area contributed by atoms with Gasteiger partial charge >= 0.3 is 0 Å². The zero-order valence-corrected chi connectivity index (χ0v) is 16.4. The lowest BCUT2D eigenvalue weighted by atomic mass is 10.1. The number of carbonyl (C=O) groups is 1. The second-order valence-electron chi connectivity index (χ2n) is 7.19. The lowest BCUT2D eigenvalue weighted by molar-refractivity contribution is -0.135. The van der Waals surface area contributed by atoms with Crippen LogP contribution in [0.4, 0.5) is 5.69 Å². The van der Waals surface area contributed by atoms with Crippen LogP contribution in [0.15, 0.2) is 24.5 Å². The molecule has 0 N–H and O–H groups in total. The first kappa shape index (κ1) is 18.2. The number of pyridine rings is 2. The molecule has 2 aromatic rings. The van der Waals surface area contributed by atoms with Crippen LogP contribution in [0.25, 0.3) is 0 Å². The van der Waals surface area contributed by atoms with Crippen molar-refractivity contribution in [1.29, 1.82) is 0 Å². The van der Waals surface area contributed by atoms with Crippen LogP contribution < -0.4 is 4.90 Å². The van der Waals surface area contributed by atoms with Gasteiger partial charge in [-0.25, -0.2) is 0 Å². The number of ether oxygens (including phenoxy) is 1. The molecule has 7 heteroatoms. The monoisotopic (exact) mass is 386 g/mol. The third kappa shape index (κ3) is 3.39. The molecule has 142 valence electrons. The van der Waals surface area contributed by atoms with E-state index >= 15 is 0 Å². The lowest BCUT2D eigenvalue weighted by Crippen LogP contribution is -2.34. The molecule has 0 unspecified atom stereocenters. The molecule has 4 rings (SSSR count). The first-order valence-electron chi connectivity index (χ1n) is 9.18. The molecule has 0 spiro atoms. The molecule has 0 bridgehead atoms. The summed E-state index contributed by atoms with van der Waals surface area (Å²) in [6, 6.07) is 3.97. The predicted molar refractivity (Wildman–Crippen MR) is 104 cm³/mol. The van der Waals surface area contributed by atoms with Crippen LogP contribution in [0.3, 0.4) is 0 Å². The Morgan fingerprint density at radius 3 is 3.00 bits per heavy atom. The van der Waals surface area contributed by atoms with Gasteiger partial charge in [0.1, 0.15) is 0 Å². The molecule has 2 aliphatic rings. The van der Waals surface area contributed by atoms with Crippen LogP contribution in [-0.2, 0) is 29.2 Å². The molecule has 2 aromatic heterocycles. The van der Waals surface area contributed by atoms with Crippen LogP contribution in [-0.4, -0.2) is 41.0 Å². The number of amides is 1. The van der Waals surface area contributed by atoms with Crippen molar-refractivity contribution >= 4 is 23.2 Å². The van der Waals surface area contributed by atoms with Gasteiger partial charge in [0.2, 0.25) is 5.91 Å². The van der Waals surface area contributed by atoms with E-state index in [-0.39, 0.29) is 11.8 Å². The third-order valence-corrected chi connectivity index (χ3v) is 5.99. The van der Waals surface area contributed by atoms with Crippen molar-refractivity contribution < 1.29 is 9.53 Å². The summed E-state index contributed by atoms with van der Waals surface area (Å²) in [5.41, 5.74) is 4.85. The van der Waals surface area contributed by atoms with Gasteiger partial charge in [0.05, 0.1) is 47.4 Å². The Hall–Kier alpha value is -2.18. The van der Waals surface area contributed by atoms with E-state index in [1.807, 2.05) is 30.2 Å². The topological polar surface area (TPSA) is 58.6 Å². The highest BCUT2D eigenvalue weighted by molar-refractivity contribution is 6.32. The van der Waals surface area contributed by atoms with Crippen LogP contribution in [0.1, 0.15) is 28.9 Å². The summed E-state index contributed by atoms with van der Waals surface area (Å²) >= 11 is 6.44. The molecule has 0 aromatic carbocycles. The SMILES string of the molecule is COCc1nc2c(c(C)c1Cl)CN(C(=O)[C@@H]1CCN(c3cccnc3)C1)C2. The molecule has 1 fully saturated rings. The van der Waals surface area contributed by atoms with Crippen molar-refractivity contribution in [3.63, 3.8) is 0 Å². The Kier molecular flexibility index (Phi) is 5.02. The van der Waals surface area contributed by atoms with Gasteiger partial charge in [-0.15, -0.1) is 0 Å². The smallest absolute Gasteiger partial charge is 0.228 e. The summed E-state index contributed by atoms with van der Waals surface area (Å²) < 4.78 is 5.19. The van der Waals surface area contributed by atoms with E-state index in [9.17, 15) is 4.79 Å². The highest BCUT2D eigenvalue weighted by Gasteiger charge is 2.35. The standard InChI is InChI=1S/C20H23ClN4O2/c1-13-16-10-25(11-17(16)23-18(12-27-2)19(13)21)20(26)14-5-7-24(9-14)15-4-3-6-22-8-15/h3-4,6,8,14H,5,7,9-12H2,1-2H3/t14-/m1/s1. The maximum atomic E-state index is 13.1. The number of fused-ring (bicyclic) bond motifs is 1. The zero-order valence-electron chi connectivity index (χ0n) is 15.6. The number of carbonyl (C=O) groups excluding carboxylic acids is 1. The number of halogens is 1. The second-order valence-corrected chi connectivity index (χ2v) is 7.57. The molecule has 0 aliphatic carbocycles. The molecule has 6 nitrogen and oxygen atoms in total. The Balaban J connectivity index is 1.47. The fourth-order valence-corrected chi connectivity index (χ4v) is 4.21. The number of aromatic nitrogens is 2. The van der Waals surface area contributed by atoms with E-state index in [0.717, 1.165) is 47.7 Å². The van der Waals surface area contributed by atoms with E-state index in [0.29, 0.717) is 24.7 Å². The summed E-state index contributed by atoms with van der Waals surface area (Å²) in [6.45, 7) is 5.12. The first-order valence-corrected chi connectivity index (χ1v) is 9.55. The maximum Gasteiger partial charge on any atom is 0.228 e. The normalized spacial score (nSPS) is 18.9. The number of hydrogen-bond acceptors (Lipinski definition) is 5. The summed E-state index contributed by atoms with van der Waals surface area (Å²) in [7, 11) is 1.63. The first-order chi connectivity index (χ1) is 13.1. The number of nitrogens with zero attached hydrogens (tertiary/aromatic N) is 4. The number of anilines is 1. The van der Waals surface area contributed by atoms with E-state index in [1.165, 1.54) is 0 Å². The van der Waals surface area contributed by atoms with Gasteiger partial charge in [-0.3, -0.25) is 14.8 Å². The van der Waals surface area contributed by atoms with Gasteiger partial charge < -0.3 is 14.5 Å². The molecule has 27 heavy (non-hydrogen) atoms. The Bertz CT molecular complexity index is 859. The molecule has 4 heterocycles. The van der Waals surface area contributed by atoms with Crippen molar-refractivity contribution in [2.75, 3.05) is 25.1 Å². The lowest BCUT2D eigenvalue weighted by Gasteiger charge is -2.21. The van der Waals surface area contributed by atoms with Crippen LogP contribution in [0.2, 0.25) is 5.02 Å². The van der Waals surface area contributed by atoms with Gasteiger partial charge in [0.25, 0.3) is 0 Å². The van der Waals surface area contributed by atoms with Crippen molar-refractivity contribution in [2.24, 2.45) is 5.92 Å². The third-order valence-electron chi connectivity index (χ3n) is 5.48. The zero-order chi connectivity index (χ0) is 19.0. The number of hydrogen-bond donors (Lipinski definition) is 0. The van der Waals surface area contributed by atoms with E-state index in [2.05, 4.69) is 14.9 Å². The fraction of sp³-hybridized carbons (Fsp3) is 0.450. The largest absolute Gasteiger partial charge is 0.378 e. The second kappa shape index (κ2) is 7.44. The van der Waals surface area contributed by atoms with Gasteiger partial charge in [-0.2, -0.15) is 0 Å². The molecule has 1 saturated heterocycles. The summed E-state index contributed by atoms with van der Waals surface area (Å²) in [5.74, 6) is 0.206. The van der Waals surface area contributed by atoms with Crippen molar-refractivity contribution in [3.8, 4) is 0 Å². The van der Waals surface area contributed by atoms with Crippen molar-refractivity contribution in [1.82, 2.24) is 14.9 Å². The minimum atomic E-state index is 0.00809. The average molecular weight is 387 g/mol. The van der Waals surface area contributed by atoms with E-state index in [4.69, 9.17) is 16.3 Å². The highest BCUT2D eigenvalue weighted by atomic mass is 35.5. The maximum absolute atomic E-state index is 13.1. The predicted octanol–water partition coefficient (Wildman–Crippen LogP) is 2.95. The minimum absolute atomic E-state index is 0.00809. The van der Waals surface area contributed by atoms with Crippen molar-refractivity contribution in [3.05, 3.63) is 52.1 Å². The quantitative estimate of drug-likeness (QED) is 0.808. The van der Waals surface area contributed by atoms with Gasteiger partial charge in [-0.1, -0.05) is 11.6 Å². The van der Waals surface area contributed by atoms with Crippen molar-refractivity contribution in [2.45, 2.75) is 33.0 Å². The van der Waals surface area contributed by atoms with Crippen LogP contribution >= 0.6 is 11.6 Å². The molecule has 1 atom stereocenters. The molecule has 1 amide bonds. The Morgan fingerprint density at radius 2 is 2.26 bits per heavy atom. The number of methoxy groups -OCH3 is 1. The summed E-state index contributed by atoms with van der Waals surface area (Å²) in [5, 5.41) is 0.647. The fourth-order valence-electron chi connectivity index (χ4n) is 4.00. The van der Waals surface area contributed by atoms with Gasteiger partial charge in [-0.05, 0) is 36.6 Å². The number of rotatable bonds is 4. The van der Waals surface area contributed by atoms with Gasteiger partial charge in [0, 0.05) is 32.9 Å². The molecule has 0 saturated carbocycles.